The lowest BCUT2D eigenvalue weighted by Crippen LogP contribution is -2.69. The molecule has 10 heteroatoms. The van der Waals surface area contributed by atoms with E-state index in [4.69, 9.17) is 14.2 Å². The number of likely N-dealkylation sites (N-methyl/N-ethyl adjacent to an activating group) is 1. The Morgan fingerprint density at radius 2 is 1.83 bits per heavy atom. The van der Waals surface area contributed by atoms with Crippen molar-refractivity contribution in [2.75, 3.05) is 27.2 Å². The molecule has 3 aromatic rings. The summed E-state index contributed by atoms with van der Waals surface area (Å²) in [5.41, 5.74) is 2.57. The summed E-state index contributed by atoms with van der Waals surface area (Å²) in [6, 6.07) is 18.3. The maximum absolute atomic E-state index is 13.5. The first-order chi connectivity index (χ1) is 23.0. The number of amides is 1. The molecule has 3 aromatic carbocycles. The molecule has 48 heavy (non-hydrogen) atoms. The summed E-state index contributed by atoms with van der Waals surface area (Å²) in [5, 5.41) is 0. The minimum atomic E-state index is -4.44. The lowest BCUT2D eigenvalue weighted by atomic mass is 9.51. The Labute approximate surface area is 278 Å². The Balaban J connectivity index is 1.18. The molecular formula is C38H37F3N2O5. The zero-order valence-electron chi connectivity index (χ0n) is 27.0. The van der Waals surface area contributed by atoms with Crippen LogP contribution in [0.5, 0.6) is 11.5 Å². The summed E-state index contributed by atoms with van der Waals surface area (Å²) in [6.45, 7) is 2.78. The summed E-state index contributed by atoms with van der Waals surface area (Å²) < 4.78 is 57.5. The van der Waals surface area contributed by atoms with Crippen molar-refractivity contribution >= 4 is 11.9 Å². The monoisotopic (exact) mass is 658 g/mol. The molecule has 250 valence electrons. The van der Waals surface area contributed by atoms with E-state index in [0.29, 0.717) is 24.3 Å². The minimum absolute atomic E-state index is 0.180. The average molecular weight is 659 g/mol. The number of ether oxygens (including phenoxy) is 3. The van der Waals surface area contributed by atoms with Crippen molar-refractivity contribution in [3.05, 3.63) is 94.5 Å². The third-order valence-corrected chi connectivity index (χ3v) is 10.8. The Morgan fingerprint density at radius 3 is 2.52 bits per heavy atom. The molecule has 6 atom stereocenters. The van der Waals surface area contributed by atoms with Crippen molar-refractivity contribution in [2.45, 2.75) is 68.5 Å². The molecule has 4 aliphatic rings. The fourth-order valence-corrected chi connectivity index (χ4v) is 8.77. The Kier molecular flexibility index (Phi) is 8.15. The first kappa shape index (κ1) is 32.1. The van der Waals surface area contributed by atoms with Gasteiger partial charge < -0.3 is 19.1 Å². The van der Waals surface area contributed by atoms with Gasteiger partial charge in [-0.3, -0.25) is 14.5 Å². The number of carbonyl (C=O) groups is 2. The van der Waals surface area contributed by atoms with Crippen LogP contribution in [0, 0.1) is 17.8 Å². The van der Waals surface area contributed by atoms with Gasteiger partial charge in [0.05, 0.1) is 18.7 Å². The van der Waals surface area contributed by atoms with Gasteiger partial charge in [0.25, 0.3) is 5.91 Å². The number of piperidine rings is 1. The first-order valence-electron chi connectivity index (χ1n) is 16.3. The molecule has 0 aromatic heterocycles. The van der Waals surface area contributed by atoms with Gasteiger partial charge >= 0.3 is 12.1 Å². The molecule has 1 spiro atoms. The van der Waals surface area contributed by atoms with Gasteiger partial charge in [0.15, 0.2) is 11.5 Å². The van der Waals surface area contributed by atoms with E-state index in [1.54, 1.807) is 19.1 Å². The number of carbonyl (C=O) groups excluding carboxylic acids is 2. The van der Waals surface area contributed by atoms with Gasteiger partial charge in [0, 0.05) is 49.0 Å². The van der Waals surface area contributed by atoms with Crippen LogP contribution in [0.15, 0.2) is 66.7 Å². The Morgan fingerprint density at radius 1 is 1.08 bits per heavy atom. The number of esters is 1. The van der Waals surface area contributed by atoms with Crippen molar-refractivity contribution in [1.82, 2.24) is 9.80 Å². The third-order valence-electron chi connectivity index (χ3n) is 10.8. The molecule has 1 amide bonds. The lowest BCUT2D eigenvalue weighted by molar-refractivity contribution is -0.150. The van der Waals surface area contributed by atoms with E-state index in [1.165, 1.54) is 30.2 Å². The largest absolute Gasteiger partial charge is 0.493 e. The second-order valence-electron chi connectivity index (χ2n) is 13.2. The number of likely N-dealkylation sites (tertiary alicyclic amines) is 1. The van der Waals surface area contributed by atoms with E-state index in [9.17, 15) is 22.8 Å². The first-order valence-corrected chi connectivity index (χ1v) is 16.3. The highest BCUT2D eigenvalue weighted by molar-refractivity contribution is 5.94. The lowest BCUT2D eigenvalue weighted by Gasteiger charge is -2.60. The Hall–Kier alpha value is -4.49. The van der Waals surface area contributed by atoms with Gasteiger partial charge in [-0.2, -0.15) is 13.2 Å². The van der Waals surface area contributed by atoms with Crippen LogP contribution < -0.4 is 9.47 Å². The number of halogens is 3. The van der Waals surface area contributed by atoms with Gasteiger partial charge in [-0.25, -0.2) is 0 Å². The minimum Gasteiger partial charge on any atom is -0.493 e. The Bertz CT molecular complexity index is 1780. The number of hydrogen-bond donors (Lipinski definition) is 0. The van der Waals surface area contributed by atoms with Crippen LogP contribution in [0.25, 0.3) is 0 Å². The van der Waals surface area contributed by atoms with Crippen LogP contribution in [0.1, 0.15) is 60.1 Å². The van der Waals surface area contributed by atoms with Crippen LogP contribution in [-0.2, 0) is 32.3 Å². The predicted octanol–water partition coefficient (Wildman–Crippen LogP) is 5.94. The standard InChI is InChI=1S/C38H37F3N2O5/c1-23(44)47-32(25-7-5-4-6-8-25)22-43-20-19-37-28-15-16-29(36(37)48-35-31(46-3)17-12-26(34(35)37)21-30(28)43)42(2)33(45)18-11-24-9-13-27(14-10-24)38(39,40)41/h4-10,12-14,17,28-30,32,36H,15-16,19-22H2,1-3H3/t28-,29+,30+,32?,36-,37-/m0/s1. The number of benzene rings is 3. The molecule has 1 saturated heterocycles. The molecule has 0 N–H and O–H groups in total. The molecule has 7 rings (SSSR count). The van der Waals surface area contributed by atoms with Crippen molar-refractivity contribution in [1.29, 1.82) is 0 Å². The summed E-state index contributed by atoms with van der Waals surface area (Å²) in [4.78, 5) is 29.8. The molecule has 2 bridgehead atoms. The van der Waals surface area contributed by atoms with Gasteiger partial charge in [-0.1, -0.05) is 42.3 Å². The van der Waals surface area contributed by atoms with E-state index in [1.807, 2.05) is 36.4 Å². The second-order valence-corrected chi connectivity index (χ2v) is 13.2. The molecule has 0 radical (unpaired) electrons. The second kappa shape index (κ2) is 12.2. The van der Waals surface area contributed by atoms with E-state index < -0.39 is 23.8 Å². The summed E-state index contributed by atoms with van der Waals surface area (Å²) in [5.74, 6) is 6.33. The van der Waals surface area contributed by atoms with E-state index in [0.717, 1.165) is 49.3 Å². The third kappa shape index (κ3) is 5.38. The van der Waals surface area contributed by atoms with Crippen LogP contribution in [0.2, 0.25) is 0 Å². The van der Waals surface area contributed by atoms with E-state index in [2.05, 4.69) is 22.8 Å². The number of methoxy groups -OCH3 is 1. The van der Waals surface area contributed by atoms with Crippen molar-refractivity contribution in [3.63, 3.8) is 0 Å². The maximum Gasteiger partial charge on any atom is 0.416 e. The smallest absolute Gasteiger partial charge is 0.416 e. The quantitative estimate of drug-likeness (QED) is 0.242. The van der Waals surface area contributed by atoms with Crippen molar-refractivity contribution in [3.8, 4) is 23.3 Å². The molecule has 2 aliphatic carbocycles. The highest BCUT2D eigenvalue weighted by atomic mass is 19.4. The van der Waals surface area contributed by atoms with E-state index >= 15 is 0 Å². The zero-order valence-corrected chi connectivity index (χ0v) is 27.0. The van der Waals surface area contributed by atoms with Crippen LogP contribution in [0.4, 0.5) is 13.2 Å². The maximum atomic E-state index is 13.5. The molecule has 1 unspecified atom stereocenters. The number of rotatable bonds is 6. The molecule has 2 heterocycles. The van der Waals surface area contributed by atoms with E-state index in [-0.39, 0.29) is 35.5 Å². The highest BCUT2D eigenvalue weighted by Crippen LogP contribution is 2.64. The van der Waals surface area contributed by atoms with Crippen LogP contribution in [0.3, 0.4) is 0 Å². The number of nitrogens with zero attached hydrogens (tertiary/aromatic N) is 2. The van der Waals surface area contributed by atoms with Crippen LogP contribution >= 0.6 is 0 Å². The summed E-state index contributed by atoms with van der Waals surface area (Å²) >= 11 is 0. The van der Waals surface area contributed by atoms with Gasteiger partial charge in [-0.05, 0) is 79.6 Å². The SMILES string of the molecule is COc1ccc2c3c1O[C@H]1[C@H](N(C)C(=O)C#Cc4ccc(C(F)(F)F)cc4)CC[C@H]4[C@@H](C2)N(CC(OC(C)=O)c2ccccc2)CC[C@@]341. The highest BCUT2D eigenvalue weighted by Gasteiger charge is 2.66. The normalized spacial score (nSPS) is 25.9. The molecule has 2 fully saturated rings. The number of hydrogen-bond acceptors (Lipinski definition) is 6. The summed E-state index contributed by atoms with van der Waals surface area (Å²) in [7, 11) is 3.37. The topological polar surface area (TPSA) is 68.3 Å². The van der Waals surface area contributed by atoms with Crippen LogP contribution in [-0.4, -0.2) is 67.1 Å². The zero-order chi connectivity index (χ0) is 33.8. The fourth-order valence-electron chi connectivity index (χ4n) is 8.77. The average Bonchev–Trinajstić information content (AvgIpc) is 3.42. The summed E-state index contributed by atoms with van der Waals surface area (Å²) in [6.07, 6.45) is -1.99. The van der Waals surface area contributed by atoms with Crippen molar-refractivity contribution in [2.24, 2.45) is 5.92 Å². The van der Waals surface area contributed by atoms with Gasteiger partial charge in [0.1, 0.15) is 12.2 Å². The molecular weight excluding hydrogens is 621 g/mol. The number of alkyl halides is 3. The fraction of sp³-hybridized carbons (Fsp3) is 0.421. The van der Waals surface area contributed by atoms with Gasteiger partial charge in [-0.15, -0.1) is 0 Å². The molecule has 1 saturated carbocycles. The molecule has 2 aliphatic heterocycles. The van der Waals surface area contributed by atoms with Gasteiger partial charge in [0.2, 0.25) is 0 Å². The molecule has 7 nitrogen and oxygen atoms in total. The van der Waals surface area contributed by atoms with Crippen molar-refractivity contribution < 1.29 is 37.0 Å². The predicted molar refractivity (Wildman–Crippen MR) is 171 cm³/mol.